The third-order valence-electron chi connectivity index (χ3n) is 4.14. The molecular formula is C16H20F10O7S. The normalized spacial score (nSPS) is 15.4. The SMILES string of the molecule is C=C(COCCC(F)(F)C(F)(F)S(=O)(=O)O)C(=O)OC(CC(C)C)C(O)(C(F)(F)F)C(F)(F)F. The van der Waals surface area contributed by atoms with Gasteiger partial charge in [0.05, 0.1) is 18.8 Å². The largest absolute Gasteiger partial charge is 0.455 e. The summed E-state index contributed by atoms with van der Waals surface area (Å²) >= 11 is 0. The Hall–Kier alpha value is -1.66. The fourth-order valence-corrected chi connectivity index (χ4v) is 2.74. The lowest BCUT2D eigenvalue weighted by atomic mass is 9.88. The zero-order chi connectivity index (χ0) is 27.6. The Labute approximate surface area is 186 Å². The molecule has 2 N–H and O–H groups in total. The molecule has 0 aliphatic heterocycles. The first-order chi connectivity index (χ1) is 14.8. The third kappa shape index (κ3) is 7.17. The second-order valence-electron chi connectivity index (χ2n) is 7.39. The lowest BCUT2D eigenvalue weighted by Crippen LogP contribution is -2.65. The number of carbonyl (C=O) groups is 1. The van der Waals surface area contributed by atoms with E-state index < -0.39 is 88.9 Å². The summed E-state index contributed by atoms with van der Waals surface area (Å²) in [5.41, 5.74) is -6.53. The van der Waals surface area contributed by atoms with E-state index in [-0.39, 0.29) is 0 Å². The number of rotatable bonds is 12. The van der Waals surface area contributed by atoms with Crippen molar-refractivity contribution in [2.45, 2.75) is 61.9 Å². The first-order valence-electron chi connectivity index (χ1n) is 8.88. The summed E-state index contributed by atoms with van der Waals surface area (Å²) in [5.74, 6) is -8.29. The Bertz CT molecular complexity index is 820. The second-order valence-corrected chi connectivity index (χ2v) is 8.85. The summed E-state index contributed by atoms with van der Waals surface area (Å²) in [4.78, 5) is 11.9. The highest BCUT2D eigenvalue weighted by Crippen LogP contribution is 2.47. The van der Waals surface area contributed by atoms with Gasteiger partial charge in [0.15, 0.2) is 0 Å². The molecule has 34 heavy (non-hydrogen) atoms. The van der Waals surface area contributed by atoms with Crippen LogP contribution >= 0.6 is 0 Å². The smallest absolute Gasteiger partial charge is 0.431 e. The quantitative estimate of drug-likeness (QED) is 0.126. The molecule has 0 aromatic heterocycles. The van der Waals surface area contributed by atoms with Crippen LogP contribution in [0.25, 0.3) is 0 Å². The van der Waals surface area contributed by atoms with E-state index in [2.05, 4.69) is 16.1 Å². The summed E-state index contributed by atoms with van der Waals surface area (Å²) in [7, 11) is -6.53. The average molecular weight is 546 g/mol. The molecule has 202 valence electrons. The van der Waals surface area contributed by atoms with Gasteiger partial charge >= 0.3 is 39.6 Å². The highest BCUT2D eigenvalue weighted by molar-refractivity contribution is 7.87. The molecule has 0 bridgehead atoms. The van der Waals surface area contributed by atoms with Gasteiger partial charge in [-0.25, -0.2) is 4.79 Å². The highest BCUT2D eigenvalue weighted by atomic mass is 32.2. The van der Waals surface area contributed by atoms with Crippen LogP contribution in [0.15, 0.2) is 12.2 Å². The number of halogens is 10. The van der Waals surface area contributed by atoms with E-state index in [0.717, 1.165) is 13.8 Å². The number of alkyl halides is 10. The Morgan fingerprint density at radius 2 is 1.41 bits per heavy atom. The molecule has 1 unspecified atom stereocenters. The van der Waals surface area contributed by atoms with Gasteiger partial charge in [-0.1, -0.05) is 20.4 Å². The lowest BCUT2D eigenvalue weighted by Gasteiger charge is -2.38. The van der Waals surface area contributed by atoms with Gasteiger partial charge in [0.1, 0.15) is 6.10 Å². The molecule has 0 heterocycles. The van der Waals surface area contributed by atoms with Crippen LogP contribution in [0.5, 0.6) is 0 Å². The Morgan fingerprint density at radius 1 is 0.971 bits per heavy atom. The van der Waals surface area contributed by atoms with Crippen molar-refractivity contribution in [2.75, 3.05) is 13.2 Å². The molecule has 18 heteroatoms. The fraction of sp³-hybridized carbons (Fsp3) is 0.812. The van der Waals surface area contributed by atoms with Crippen molar-refractivity contribution in [3.05, 3.63) is 12.2 Å². The zero-order valence-corrected chi connectivity index (χ0v) is 18.1. The Balaban J connectivity index is 5.37. The molecule has 0 radical (unpaired) electrons. The van der Waals surface area contributed by atoms with Gasteiger partial charge < -0.3 is 14.6 Å². The van der Waals surface area contributed by atoms with E-state index >= 15 is 0 Å². The molecule has 0 aromatic carbocycles. The standard InChI is InChI=1S/C16H20F10O7S/c1-8(2)6-10(13(28,14(19,20)21)15(22,23)24)33-11(27)9(3)7-32-5-4-12(17,18)16(25,26)34(29,30)31/h8,10,28H,3-7H2,1-2H3,(H,29,30,31). The molecule has 7 nitrogen and oxygen atoms in total. The lowest BCUT2D eigenvalue weighted by molar-refractivity contribution is -0.392. The predicted octanol–water partition coefficient (Wildman–Crippen LogP) is 3.88. The molecule has 0 rings (SSSR count). The van der Waals surface area contributed by atoms with Crippen LogP contribution in [-0.4, -0.2) is 72.5 Å². The number of ether oxygens (including phenoxy) is 2. The van der Waals surface area contributed by atoms with Crippen LogP contribution in [0.2, 0.25) is 0 Å². The van der Waals surface area contributed by atoms with Gasteiger partial charge in [-0.15, -0.1) is 0 Å². The van der Waals surface area contributed by atoms with Crippen LogP contribution in [0.4, 0.5) is 43.9 Å². The number of carbonyl (C=O) groups excluding carboxylic acids is 1. The summed E-state index contributed by atoms with van der Waals surface area (Å²) in [6.07, 6.45) is -19.1. The Kier molecular flexibility index (Phi) is 10.0. The maximum absolute atomic E-state index is 13.3. The van der Waals surface area contributed by atoms with E-state index in [0.29, 0.717) is 0 Å². The van der Waals surface area contributed by atoms with Crippen molar-refractivity contribution in [1.82, 2.24) is 0 Å². The molecule has 0 spiro atoms. The minimum Gasteiger partial charge on any atom is -0.455 e. The van der Waals surface area contributed by atoms with Crippen molar-refractivity contribution < 1.29 is 76.2 Å². The minimum absolute atomic E-state index is 0.967. The molecule has 0 aliphatic carbocycles. The van der Waals surface area contributed by atoms with Crippen molar-refractivity contribution >= 4 is 16.1 Å². The average Bonchev–Trinajstić information content (AvgIpc) is 2.60. The van der Waals surface area contributed by atoms with Crippen LogP contribution in [0.1, 0.15) is 26.7 Å². The number of aliphatic hydroxyl groups is 1. The molecular weight excluding hydrogens is 526 g/mol. The summed E-state index contributed by atoms with van der Waals surface area (Å²) in [6.45, 7) is 2.55. The van der Waals surface area contributed by atoms with E-state index in [9.17, 15) is 62.2 Å². The van der Waals surface area contributed by atoms with Gasteiger partial charge in [0, 0.05) is 6.42 Å². The van der Waals surface area contributed by atoms with E-state index in [1.54, 1.807) is 0 Å². The third-order valence-corrected chi connectivity index (χ3v) is 5.09. The number of hydrogen-bond donors (Lipinski definition) is 2. The van der Waals surface area contributed by atoms with Gasteiger partial charge in [0.25, 0.3) is 5.60 Å². The van der Waals surface area contributed by atoms with Gasteiger partial charge in [0.2, 0.25) is 0 Å². The molecule has 0 amide bonds. The molecule has 0 fully saturated rings. The maximum atomic E-state index is 13.3. The van der Waals surface area contributed by atoms with Crippen LogP contribution in [0.3, 0.4) is 0 Å². The van der Waals surface area contributed by atoms with Crippen LogP contribution < -0.4 is 0 Å². The first kappa shape index (κ1) is 32.3. The van der Waals surface area contributed by atoms with Crippen molar-refractivity contribution in [2.24, 2.45) is 5.92 Å². The van der Waals surface area contributed by atoms with Gasteiger partial charge in [-0.05, 0) is 12.3 Å². The maximum Gasteiger partial charge on any atom is 0.431 e. The number of esters is 1. The predicted molar refractivity (Wildman–Crippen MR) is 92.4 cm³/mol. The van der Waals surface area contributed by atoms with Crippen molar-refractivity contribution in [1.29, 1.82) is 0 Å². The Morgan fingerprint density at radius 3 is 1.76 bits per heavy atom. The summed E-state index contributed by atoms with van der Waals surface area (Å²) in [6, 6.07) is 0. The fourth-order valence-electron chi connectivity index (χ4n) is 2.26. The minimum atomic E-state index is -6.53. The van der Waals surface area contributed by atoms with E-state index in [1.807, 2.05) is 0 Å². The van der Waals surface area contributed by atoms with E-state index in [1.165, 1.54) is 0 Å². The second kappa shape index (κ2) is 10.5. The molecule has 0 saturated carbocycles. The molecule has 0 aromatic rings. The van der Waals surface area contributed by atoms with Crippen LogP contribution in [-0.2, 0) is 24.4 Å². The van der Waals surface area contributed by atoms with Gasteiger partial charge in [-0.2, -0.15) is 52.3 Å². The highest BCUT2D eigenvalue weighted by Gasteiger charge is 2.75. The van der Waals surface area contributed by atoms with Gasteiger partial charge in [-0.3, -0.25) is 4.55 Å². The summed E-state index contributed by atoms with van der Waals surface area (Å²) in [5, 5.41) is 3.54. The molecule has 0 saturated heterocycles. The van der Waals surface area contributed by atoms with Crippen LogP contribution in [0, 0.1) is 5.92 Å². The van der Waals surface area contributed by atoms with E-state index in [4.69, 9.17) is 4.55 Å². The zero-order valence-electron chi connectivity index (χ0n) is 17.3. The molecule has 1 atom stereocenters. The first-order valence-corrected chi connectivity index (χ1v) is 10.3. The monoisotopic (exact) mass is 546 g/mol. The van der Waals surface area contributed by atoms with Crippen molar-refractivity contribution in [3.63, 3.8) is 0 Å². The molecule has 0 aliphatic rings. The summed E-state index contributed by atoms with van der Waals surface area (Å²) < 4.78 is 169. The number of hydrogen-bond acceptors (Lipinski definition) is 6. The topological polar surface area (TPSA) is 110 Å². The van der Waals surface area contributed by atoms with Crippen molar-refractivity contribution in [3.8, 4) is 0 Å².